The van der Waals surface area contributed by atoms with E-state index in [0.717, 1.165) is 12.8 Å². The Morgan fingerprint density at radius 2 is 2.18 bits per heavy atom. The first-order valence-electron chi connectivity index (χ1n) is 6.33. The molecule has 4 heteroatoms. The van der Waals surface area contributed by atoms with Crippen LogP contribution in [0, 0.1) is 23.2 Å². The average molecular weight is 238 g/mol. The highest BCUT2D eigenvalue weighted by Crippen LogP contribution is 2.62. The fourth-order valence-electron chi connectivity index (χ4n) is 3.72. The molecule has 17 heavy (non-hydrogen) atoms. The second-order valence-electron chi connectivity index (χ2n) is 6.25. The molecule has 2 saturated carbocycles. The second-order valence-corrected chi connectivity index (χ2v) is 6.25. The number of hydrogen-bond donors (Lipinski definition) is 0. The van der Waals surface area contributed by atoms with Crippen molar-refractivity contribution in [2.24, 2.45) is 23.2 Å². The molecule has 3 aliphatic rings. The van der Waals surface area contributed by atoms with Gasteiger partial charge in [-0.05, 0) is 12.8 Å². The van der Waals surface area contributed by atoms with Crippen LogP contribution in [0.25, 0.3) is 0 Å². The van der Waals surface area contributed by atoms with E-state index in [9.17, 15) is 9.59 Å². The van der Waals surface area contributed by atoms with E-state index in [4.69, 9.17) is 9.47 Å². The van der Waals surface area contributed by atoms with E-state index in [-0.39, 0.29) is 47.3 Å². The first-order valence-corrected chi connectivity index (χ1v) is 6.33. The van der Waals surface area contributed by atoms with Crippen LogP contribution in [-0.4, -0.2) is 24.1 Å². The molecule has 1 saturated heterocycles. The summed E-state index contributed by atoms with van der Waals surface area (Å²) in [6.45, 7) is 5.75. The summed E-state index contributed by atoms with van der Waals surface area (Å²) in [5.74, 6) is -0.0859. The van der Waals surface area contributed by atoms with Gasteiger partial charge in [0.1, 0.15) is 12.2 Å². The number of carbonyl (C=O) groups excluding carboxylic acids is 2. The fourth-order valence-corrected chi connectivity index (χ4v) is 3.72. The van der Waals surface area contributed by atoms with Crippen molar-refractivity contribution in [1.29, 1.82) is 0 Å². The summed E-state index contributed by atoms with van der Waals surface area (Å²) in [6.07, 6.45) is 1.34. The van der Waals surface area contributed by atoms with Gasteiger partial charge in [-0.2, -0.15) is 0 Å². The van der Waals surface area contributed by atoms with Crippen LogP contribution in [0.4, 0.5) is 0 Å². The summed E-state index contributed by atoms with van der Waals surface area (Å²) in [7, 11) is 0. The minimum absolute atomic E-state index is 0.0546. The van der Waals surface area contributed by atoms with Gasteiger partial charge in [-0.15, -0.1) is 0 Å². The van der Waals surface area contributed by atoms with Crippen molar-refractivity contribution in [2.75, 3.05) is 0 Å². The molecule has 2 bridgehead atoms. The zero-order chi connectivity index (χ0) is 12.4. The van der Waals surface area contributed by atoms with Crippen LogP contribution in [0.2, 0.25) is 0 Å². The lowest BCUT2D eigenvalue weighted by Gasteiger charge is -2.33. The van der Waals surface area contributed by atoms with Gasteiger partial charge in [-0.1, -0.05) is 20.8 Å². The molecule has 0 aromatic carbocycles. The van der Waals surface area contributed by atoms with Crippen molar-refractivity contribution in [3.05, 3.63) is 0 Å². The van der Waals surface area contributed by atoms with E-state index in [0.29, 0.717) is 0 Å². The largest absolute Gasteiger partial charge is 0.458 e. The van der Waals surface area contributed by atoms with Crippen LogP contribution in [0.15, 0.2) is 0 Å². The van der Waals surface area contributed by atoms with Gasteiger partial charge in [-0.3, -0.25) is 9.59 Å². The number of fused-ring (bicyclic) bond motifs is 1. The van der Waals surface area contributed by atoms with Crippen molar-refractivity contribution in [2.45, 2.75) is 45.8 Å². The number of esters is 2. The van der Waals surface area contributed by atoms with Crippen LogP contribution in [0.3, 0.4) is 0 Å². The Bertz CT molecular complexity index is 389. The molecule has 0 spiro atoms. The van der Waals surface area contributed by atoms with E-state index in [2.05, 4.69) is 6.92 Å². The quantitative estimate of drug-likeness (QED) is 0.684. The van der Waals surface area contributed by atoms with E-state index < -0.39 is 0 Å². The highest BCUT2D eigenvalue weighted by Gasteiger charge is 2.68. The van der Waals surface area contributed by atoms with Crippen LogP contribution >= 0.6 is 0 Å². The molecular weight excluding hydrogens is 220 g/mol. The van der Waals surface area contributed by atoms with Crippen LogP contribution in [0.5, 0.6) is 0 Å². The average Bonchev–Trinajstić information content (AvgIpc) is 2.78. The Morgan fingerprint density at radius 3 is 2.82 bits per heavy atom. The predicted molar refractivity (Wildman–Crippen MR) is 58.9 cm³/mol. The molecule has 3 fully saturated rings. The van der Waals surface area contributed by atoms with Gasteiger partial charge in [0.05, 0.1) is 11.8 Å². The molecule has 0 amide bonds. The number of ether oxygens (including phenoxy) is 2. The van der Waals surface area contributed by atoms with Crippen LogP contribution in [-0.2, 0) is 19.1 Å². The maximum absolute atomic E-state index is 11.7. The highest BCUT2D eigenvalue weighted by atomic mass is 16.6. The summed E-state index contributed by atoms with van der Waals surface area (Å²) in [5, 5.41) is 0. The summed E-state index contributed by atoms with van der Waals surface area (Å²) in [6, 6.07) is 0. The van der Waals surface area contributed by atoms with Crippen LogP contribution in [0.1, 0.15) is 33.6 Å². The Morgan fingerprint density at radius 1 is 1.47 bits per heavy atom. The van der Waals surface area contributed by atoms with Crippen molar-refractivity contribution in [3.63, 3.8) is 0 Å². The molecule has 0 radical (unpaired) electrons. The molecule has 4 nitrogen and oxygen atoms in total. The lowest BCUT2D eigenvalue weighted by atomic mass is 9.79. The van der Waals surface area contributed by atoms with Gasteiger partial charge in [0.2, 0.25) is 0 Å². The number of hydrogen-bond acceptors (Lipinski definition) is 4. The SMILES string of the molecule is CC(C)C(=O)OC1C2OC(=O)C3CC1(C)CC32. The van der Waals surface area contributed by atoms with Crippen molar-refractivity contribution >= 4 is 11.9 Å². The van der Waals surface area contributed by atoms with E-state index in [1.807, 2.05) is 13.8 Å². The van der Waals surface area contributed by atoms with Gasteiger partial charge in [0.25, 0.3) is 0 Å². The molecule has 94 valence electrons. The van der Waals surface area contributed by atoms with E-state index in [1.54, 1.807) is 0 Å². The molecule has 0 N–H and O–H groups in total. The molecule has 3 rings (SSSR count). The first-order chi connectivity index (χ1) is 7.92. The standard InChI is InChI=1S/C13H18O4/c1-6(2)11(14)17-10-9-7-4-13(10,3)5-8(7)12(15)16-9/h6-10H,4-5H2,1-3H3. The maximum Gasteiger partial charge on any atom is 0.309 e. The van der Waals surface area contributed by atoms with Crippen LogP contribution < -0.4 is 0 Å². The Hall–Kier alpha value is -1.06. The van der Waals surface area contributed by atoms with Crippen molar-refractivity contribution in [1.82, 2.24) is 0 Å². The minimum atomic E-state index is -0.231. The predicted octanol–water partition coefficient (Wildman–Crippen LogP) is 1.53. The summed E-state index contributed by atoms with van der Waals surface area (Å²) in [4.78, 5) is 23.3. The number of rotatable bonds is 2. The third-order valence-electron chi connectivity index (χ3n) is 4.58. The first kappa shape index (κ1) is 11.1. The van der Waals surface area contributed by atoms with Gasteiger partial charge < -0.3 is 9.47 Å². The molecule has 0 aromatic rings. The second kappa shape index (κ2) is 3.24. The van der Waals surface area contributed by atoms with E-state index >= 15 is 0 Å². The topological polar surface area (TPSA) is 52.6 Å². The lowest BCUT2D eigenvalue weighted by molar-refractivity contribution is -0.168. The number of carbonyl (C=O) groups is 2. The molecule has 5 atom stereocenters. The molecular formula is C13H18O4. The molecule has 1 aliphatic heterocycles. The lowest BCUT2D eigenvalue weighted by Crippen LogP contribution is -2.41. The Labute approximate surface area is 101 Å². The summed E-state index contributed by atoms with van der Waals surface area (Å²) in [5.41, 5.74) is -0.0588. The zero-order valence-electron chi connectivity index (χ0n) is 10.4. The van der Waals surface area contributed by atoms with Crippen molar-refractivity contribution < 1.29 is 19.1 Å². The third kappa shape index (κ3) is 1.36. The zero-order valence-corrected chi connectivity index (χ0v) is 10.4. The summed E-state index contributed by atoms with van der Waals surface area (Å²) < 4.78 is 11.0. The summed E-state index contributed by atoms with van der Waals surface area (Å²) >= 11 is 0. The Kier molecular flexibility index (Phi) is 2.11. The normalized spacial score (nSPS) is 46.5. The van der Waals surface area contributed by atoms with Crippen molar-refractivity contribution in [3.8, 4) is 0 Å². The molecule has 2 aliphatic carbocycles. The Balaban J connectivity index is 1.83. The minimum Gasteiger partial charge on any atom is -0.458 e. The third-order valence-corrected chi connectivity index (χ3v) is 4.58. The smallest absolute Gasteiger partial charge is 0.309 e. The van der Waals surface area contributed by atoms with Gasteiger partial charge in [0.15, 0.2) is 0 Å². The molecule has 5 unspecified atom stereocenters. The van der Waals surface area contributed by atoms with Gasteiger partial charge >= 0.3 is 11.9 Å². The molecule has 1 heterocycles. The maximum atomic E-state index is 11.7. The van der Waals surface area contributed by atoms with Gasteiger partial charge in [0, 0.05) is 11.3 Å². The highest BCUT2D eigenvalue weighted by molar-refractivity contribution is 5.77. The van der Waals surface area contributed by atoms with Gasteiger partial charge in [-0.25, -0.2) is 0 Å². The fraction of sp³-hybridized carbons (Fsp3) is 0.846. The van der Waals surface area contributed by atoms with E-state index in [1.165, 1.54) is 0 Å². The molecule has 0 aromatic heterocycles. The monoisotopic (exact) mass is 238 g/mol.